The van der Waals surface area contributed by atoms with Gasteiger partial charge in [-0.25, -0.2) is 0 Å². The number of piperidine rings is 1. The molecule has 27 heavy (non-hydrogen) atoms. The Morgan fingerprint density at radius 1 is 1.37 bits per heavy atom. The number of hydrogen-bond acceptors (Lipinski definition) is 4. The minimum absolute atomic E-state index is 0.115. The lowest BCUT2D eigenvalue weighted by Gasteiger charge is -2.63. The van der Waals surface area contributed by atoms with E-state index in [1.165, 1.54) is 18.4 Å². The van der Waals surface area contributed by atoms with Crippen molar-refractivity contribution < 1.29 is 14.6 Å². The Hall–Kier alpha value is -1.85. The number of primary amides is 1. The number of carbonyl (C=O) groups excluding carboxylic acids is 1. The molecular formula is C22H26N2O3. The van der Waals surface area contributed by atoms with Crippen LogP contribution in [0.5, 0.6) is 5.75 Å². The van der Waals surface area contributed by atoms with Crippen LogP contribution in [0.2, 0.25) is 0 Å². The number of benzene rings is 1. The monoisotopic (exact) mass is 366 g/mol. The van der Waals surface area contributed by atoms with Crippen LogP contribution in [0.1, 0.15) is 53.6 Å². The number of amides is 1. The normalized spacial score (nSPS) is 39.1. The van der Waals surface area contributed by atoms with Gasteiger partial charge in [-0.3, -0.25) is 9.69 Å². The zero-order valence-electron chi connectivity index (χ0n) is 15.5. The van der Waals surface area contributed by atoms with Gasteiger partial charge in [0.05, 0.1) is 16.6 Å². The molecule has 2 saturated carbocycles. The molecule has 1 amide bonds. The summed E-state index contributed by atoms with van der Waals surface area (Å²) in [5.74, 6) is 0.942. The zero-order chi connectivity index (χ0) is 18.6. The average molecular weight is 366 g/mol. The van der Waals surface area contributed by atoms with Crippen molar-refractivity contribution in [2.75, 3.05) is 13.1 Å². The molecule has 0 aromatic heterocycles. The van der Waals surface area contributed by atoms with E-state index in [4.69, 9.17) is 10.5 Å². The molecule has 6 rings (SSSR count). The van der Waals surface area contributed by atoms with Gasteiger partial charge in [-0.1, -0.05) is 12.6 Å². The minimum atomic E-state index is -0.833. The van der Waals surface area contributed by atoms with Gasteiger partial charge >= 0.3 is 0 Å². The molecule has 2 heterocycles. The molecule has 142 valence electrons. The summed E-state index contributed by atoms with van der Waals surface area (Å²) in [5, 5.41) is 12.2. The largest absolute Gasteiger partial charge is 0.484 e. The van der Waals surface area contributed by atoms with E-state index in [1.807, 2.05) is 6.07 Å². The fraction of sp³-hybridized carbons (Fsp3) is 0.591. The SMILES string of the molecule is C=C1CCC2(O)C3Cc4ccc(C(N)=O)c5c4C2(CCN3CC2CC2)C1O5. The average Bonchev–Trinajstić information content (AvgIpc) is 3.37. The maximum absolute atomic E-state index is 12.2. The van der Waals surface area contributed by atoms with Crippen LogP contribution in [0.15, 0.2) is 24.3 Å². The molecule has 1 saturated heterocycles. The van der Waals surface area contributed by atoms with Crippen molar-refractivity contribution in [2.45, 2.75) is 61.7 Å². The Balaban J connectivity index is 1.58. The molecule has 4 unspecified atom stereocenters. The van der Waals surface area contributed by atoms with Crippen LogP contribution in [0.3, 0.4) is 0 Å². The number of rotatable bonds is 3. The van der Waals surface area contributed by atoms with E-state index >= 15 is 0 Å². The third kappa shape index (κ3) is 1.80. The van der Waals surface area contributed by atoms with Gasteiger partial charge in [0, 0.05) is 18.2 Å². The molecule has 4 atom stereocenters. The highest BCUT2D eigenvalue weighted by Gasteiger charge is 2.71. The van der Waals surface area contributed by atoms with Gasteiger partial charge in [-0.2, -0.15) is 0 Å². The number of nitrogens with zero attached hydrogens (tertiary/aromatic N) is 1. The summed E-state index contributed by atoms with van der Waals surface area (Å²) in [7, 11) is 0. The van der Waals surface area contributed by atoms with Gasteiger partial charge < -0.3 is 15.6 Å². The summed E-state index contributed by atoms with van der Waals surface area (Å²) < 4.78 is 6.40. The predicted octanol–water partition coefficient (Wildman–Crippen LogP) is 1.91. The van der Waals surface area contributed by atoms with E-state index in [2.05, 4.69) is 11.5 Å². The first-order chi connectivity index (χ1) is 13.0. The summed E-state index contributed by atoms with van der Waals surface area (Å²) in [6.45, 7) is 6.35. The molecular weight excluding hydrogens is 340 g/mol. The van der Waals surface area contributed by atoms with Gasteiger partial charge in [0.15, 0.2) is 0 Å². The highest BCUT2D eigenvalue weighted by atomic mass is 16.5. The molecule has 5 nitrogen and oxygen atoms in total. The molecule has 5 heteroatoms. The Labute approximate surface area is 159 Å². The fourth-order valence-corrected chi connectivity index (χ4v) is 6.60. The summed E-state index contributed by atoms with van der Waals surface area (Å²) in [6.07, 6.45) is 5.53. The summed E-state index contributed by atoms with van der Waals surface area (Å²) in [4.78, 5) is 14.6. The van der Waals surface area contributed by atoms with E-state index in [0.717, 1.165) is 55.8 Å². The topological polar surface area (TPSA) is 75.8 Å². The van der Waals surface area contributed by atoms with Gasteiger partial charge in [0.25, 0.3) is 5.91 Å². The number of nitrogens with two attached hydrogens (primary N) is 1. The molecule has 5 aliphatic rings. The van der Waals surface area contributed by atoms with Crippen LogP contribution in [0.4, 0.5) is 0 Å². The Kier molecular flexibility index (Phi) is 2.96. The Morgan fingerprint density at radius 2 is 2.19 bits per heavy atom. The molecule has 2 aliphatic heterocycles. The predicted molar refractivity (Wildman–Crippen MR) is 101 cm³/mol. The van der Waals surface area contributed by atoms with E-state index in [-0.39, 0.29) is 12.1 Å². The highest BCUT2D eigenvalue weighted by molar-refractivity contribution is 5.97. The van der Waals surface area contributed by atoms with E-state index in [0.29, 0.717) is 11.3 Å². The van der Waals surface area contributed by atoms with Crippen LogP contribution in [-0.2, 0) is 11.8 Å². The molecule has 1 aromatic rings. The molecule has 1 spiro atoms. The first kappa shape index (κ1) is 16.1. The van der Waals surface area contributed by atoms with E-state index in [1.54, 1.807) is 6.07 Å². The van der Waals surface area contributed by atoms with Crippen molar-refractivity contribution in [1.29, 1.82) is 0 Å². The van der Waals surface area contributed by atoms with Gasteiger partial charge in [-0.05, 0) is 68.2 Å². The first-order valence-corrected chi connectivity index (χ1v) is 10.2. The van der Waals surface area contributed by atoms with Gasteiger partial charge in [0.2, 0.25) is 0 Å². The van der Waals surface area contributed by atoms with Crippen LogP contribution in [0, 0.1) is 5.92 Å². The molecule has 0 radical (unpaired) electrons. The Bertz CT molecular complexity index is 892. The summed E-state index contributed by atoms with van der Waals surface area (Å²) in [5.41, 5.74) is 8.06. The van der Waals surface area contributed by atoms with Crippen molar-refractivity contribution in [3.05, 3.63) is 41.0 Å². The smallest absolute Gasteiger partial charge is 0.252 e. The number of aliphatic hydroxyl groups is 1. The van der Waals surface area contributed by atoms with Crippen LogP contribution in [-0.4, -0.2) is 46.7 Å². The lowest BCUT2D eigenvalue weighted by atomic mass is 9.48. The van der Waals surface area contributed by atoms with E-state index in [9.17, 15) is 9.90 Å². The van der Waals surface area contributed by atoms with Crippen molar-refractivity contribution in [3.8, 4) is 5.75 Å². The second-order valence-electron chi connectivity index (χ2n) is 9.30. The third-order valence-corrected chi connectivity index (χ3v) is 8.00. The van der Waals surface area contributed by atoms with Crippen LogP contribution in [0.25, 0.3) is 0 Å². The standard InChI is InChI=1S/C22H26N2O3/c1-12-6-7-22(26)16-10-14-4-5-15(20(23)25)18-17(14)21(22,19(12)27-18)8-9-24(16)11-13-2-3-13/h4-5,13,16,19,26H,1-3,6-11H2,(H2,23,25). The first-order valence-electron chi connectivity index (χ1n) is 10.2. The minimum Gasteiger partial charge on any atom is -0.484 e. The molecule has 3 fully saturated rings. The number of ether oxygens (including phenoxy) is 1. The zero-order valence-corrected chi connectivity index (χ0v) is 15.5. The lowest BCUT2D eigenvalue weighted by Crippen LogP contribution is -2.75. The van der Waals surface area contributed by atoms with Crippen LogP contribution >= 0.6 is 0 Å². The number of likely N-dealkylation sites (tertiary alicyclic amines) is 1. The fourth-order valence-electron chi connectivity index (χ4n) is 6.60. The van der Waals surface area contributed by atoms with Crippen LogP contribution < -0.4 is 10.5 Å². The van der Waals surface area contributed by atoms with Crippen molar-refractivity contribution in [3.63, 3.8) is 0 Å². The van der Waals surface area contributed by atoms with Crippen molar-refractivity contribution in [1.82, 2.24) is 4.90 Å². The molecule has 3 N–H and O–H groups in total. The third-order valence-electron chi connectivity index (χ3n) is 8.00. The highest BCUT2D eigenvalue weighted by Crippen LogP contribution is 2.65. The van der Waals surface area contributed by atoms with E-state index < -0.39 is 16.9 Å². The maximum Gasteiger partial charge on any atom is 0.252 e. The summed E-state index contributed by atoms with van der Waals surface area (Å²) in [6, 6.07) is 3.96. The van der Waals surface area contributed by atoms with Gasteiger partial charge in [-0.15, -0.1) is 0 Å². The summed E-state index contributed by atoms with van der Waals surface area (Å²) >= 11 is 0. The van der Waals surface area contributed by atoms with Crippen molar-refractivity contribution in [2.24, 2.45) is 11.7 Å². The Morgan fingerprint density at radius 3 is 2.93 bits per heavy atom. The van der Waals surface area contributed by atoms with Gasteiger partial charge in [0.1, 0.15) is 11.9 Å². The van der Waals surface area contributed by atoms with Crippen molar-refractivity contribution >= 4 is 5.91 Å². The quantitative estimate of drug-likeness (QED) is 0.802. The molecule has 3 aliphatic carbocycles. The lowest BCUT2D eigenvalue weighted by molar-refractivity contribution is -0.174. The molecule has 2 bridgehead atoms. The second-order valence-corrected chi connectivity index (χ2v) is 9.30. The maximum atomic E-state index is 12.2. The number of carbonyl (C=O) groups is 1. The molecule has 1 aromatic carbocycles. The second kappa shape index (κ2) is 4.95. The number of hydrogen-bond donors (Lipinski definition) is 2.